The standard InChI is InChI=1S/C6H10N4O2/c1-2-12-6(11)4(3-7)5(8)10-9/h10H,2,8-9H2,1H3. The highest BCUT2D eigenvalue weighted by Crippen LogP contribution is 1.97. The summed E-state index contributed by atoms with van der Waals surface area (Å²) in [7, 11) is 0. The number of carbonyl (C=O) groups excluding carboxylic acids is 1. The number of rotatable bonds is 3. The third-order valence-corrected chi connectivity index (χ3v) is 1.02. The number of hydrazine groups is 1. The fourth-order valence-electron chi connectivity index (χ4n) is 0.491. The van der Waals surface area contributed by atoms with Gasteiger partial charge in [0.05, 0.1) is 6.61 Å². The van der Waals surface area contributed by atoms with Gasteiger partial charge in [-0.3, -0.25) is 0 Å². The Kier molecular flexibility index (Phi) is 4.26. The molecule has 12 heavy (non-hydrogen) atoms. The van der Waals surface area contributed by atoms with Gasteiger partial charge in [-0.2, -0.15) is 5.26 Å². The molecule has 0 radical (unpaired) electrons. The Bertz CT molecular complexity index is 240. The van der Waals surface area contributed by atoms with E-state index in [2.05, 4.69) is 4.74 Å². The molecule has 0 spiro atoms. The van der Waals surface area contributed by atoms with Crippen LogP contribution >= 0.6 is 0 Å². The van der Waals surface area contributed by atoms with Gasteiger partial charge in [0, 0.05) is 0 Å². The zero-order valence-electron chi connectivity index (χ0n) is 6.63. The molecule has 5 N–H and O–H groups in total. The number of esters is 1. The summed E-state index contributed by atoms with van der Waals surface area (Å²) in [6.45, 7) is 1.81. The van der Waals surface area contributed by atoms with Crippen LogP contribution in [0.25, 0.3) is 0 Å². The van der Waals surface area contributed by atoms with Gasteiger partial charge in [0.25, 0.3) is 0 Å². The molecule has 0 unspecified atom stereocenters. The monoisotopic (exact) mass is 170 g/mol. The topological polar surface area (TPSA) is 114 Å². The van der Waals surface area contributed by atoms with Crippen LogP contribution in [0.5, 0.6) is 0 Å². The first-order valence-electron chi connectivity index (χ1n) is 3.20. The van der Waals surface area contributed by atoms with Crippen molar-refractivity contribution in [2.45, 2.75) is 6.92 Å². The van der Waals surface area contributed by atoms with E-state index in [-0.39, 0.29) is 18.0 Å². The average molecular weight is 170 g/mol. The first-order chi connectivity index (χ1) is 5.67. The smallest absolute Gasteiger partial charge is 0.352 e. The second-order valence-corrected chi connectivity index (χ2v) is 1.77. The molecule has 0 atom stereocenters. The molecule has 0 bridgehead atoms. The van der Waals surface area contributed by atoms with E-state index in [4.69, 9.17) is 16.8 Å². The van der Waals surface area contributed by atoms with Crippen molar-refractivity contribution in [3.8, 4) is 6.07 Å². The zero-order chi connectivity index (χ0) is 9.56. The number of ether oxygens (including phenoxy) is 1. The van der Waals surface area contributed by atoms with Gasteiger partial charge in [-0.15, -0.1) is 0 Å². The molecule has 0 amide bonds. The number of nitrogens with one attached hydrogen (secondary N) is 1. The highest BCUT2D eigenvalue weighted by Gasteiger charge is 2.13. The fraction of sp³-hybridized carbons (Fsp3) is 0.333. The molecule has 66 valence electrons. The zero-order valence-corrected chi connectivity index (χ0v) is 6.63. The van der Waals surface area contributed by atoms with E-state index in [1.165, 1.54) is 0 Å². The number of carbonyl (C=O) groups is 1. The Labute approximate surface area is 69.7 Å². The van der Waals surface area contributed by atoms with E-state index in [1.54, 1.807) is 13.0 Å². The Balaban J connectivity index is 4.59. The molecule has 0 saturated heterocycles. The summed E-state index contributed by atoms with van der Waals surface area (Å²) in [4.78, 5) is 10.9. The van der Waals surface area contributed by atoms with Crippen molar-refractivity contribution in [1.82, 2.24) is 5.43 Å². The molecular weight excluding hydrogens is 160 g/mol. The van der Waals surface area contributed by atoms with Crippen LogP contribution in [0.3, 0.4) is 0 Å². The predicted molar refractivity (Wildman–Crippen MR) is 40.8 cm³/mol. The number of nitrogens with two attached hydrogens (primary N) is 2. The summed E-state index contributed by atoms with van der Waals surface area (Å²) >= 11 is 0. The molecule has 0 fully saturated rings. The fourth-order valence-corrected chi connectivity index (χ4v) is 0.491. The summed E-state index contributed by atoms with van der Waals surface area (Å²) in [5, 5.41) is 8.44. The van der Waals surface area contributed by atoms with Crippen molar-refractivity contribution < 1.29 is 9.53 Å². The van der Waals surface area contributed by atoms with Crippen molar-refractivity contribution >= 4 is 5.97 Å². The molecule has 0 aromatic rings. The van der Waals surface area contributed by atoms with E-state index in [0.717, 1.165) is 0 Å². The van der Waals surface area contributed by atoms with Crippen LogP contribution in [0.1, 0.15) is 6.92 Å². The summed E-state index contributed by atoms with van der Waals surface area (Å²) in [6.07, 6.45) is 0. The molecule has 6 heteroatoms. The maximum atomic E-state index is 10.9. The Morgan fingerprint density at radius 2 is 2.33 bits per heavy atom. The lowest BCUT2D eigenvalue weighted by atomic mass is 10.3. The normalized spacial score (nSPS) is 11.1. The van der Waals surface area contributed by atoms with Gasteiger partial charge in [0.2, 0.25) is 0 Å². The van der Waals surface area contributed by atoms with E-state index in [1.807, 2.05) is 5.43 Å². The lowest BCUT2D eigenvalue weighted by Crippen LogP contribution is -2.30. The first-order valence-corrected chi connectivity index (χ1v) is 3.20. The number of nitriles is 1. The van der Waals surface area contributed by atoms with Crippen LogP contribution in [0, 0.1) is 11.3 Å². The van der Waals surface area contributed by atoms with E-state index in [9.17, 15) is 4.79 Å². The molecule has 0 aromatic carbocycles. The summed E-state index contributed by atoms with van der Waals surface area (Å²) in [5.74, 6) is 3.91. The molecule has 0 aliphatic rings. The van der Waals surface area contributed by atoms with Crippen LogP contribution in [-0.2, 0) is 9.53 Å². The van der Waals surface area contributed by atoms with E-state index >= 15 is 0 Å². The van der Waals surface area contributed by atoms with E-state index in [0.29, 0.717) is 0 Å². The predicted octanol–water partition coefficient (Wildman–Crippen LogP) is -1.29. The summed E-state index contributed by atoms with van der Waals surface area (Å²) in [5.41, 5.74) is 6.85. The van der Waals surface area contributed by atoms with Gasteiger partial charge in [0.15, 0.2) is 5.57 Å². The third kappa shape index (κ3) is 2.48. The van der Waals surface area contributed by atoms with Gasteiger partial charge < -0.3 is 15.9 Å². The van der Waals surface area contributed by atoms with Crippen molar-refractivity contribution in [3.63, 3.8) is 0 Å². The van der Waals surface area contributed by atoms with Gasteiger partial charge in [-0.05, 0) is 6.92 Å². The molecule has 0 aliphatic heterocycles. The molecule has 0 aliphatic carbocycles. The maximum Gasteiger partial charge on any atom is 0.352 e. The molecule has 0 rings (SSSR count). The highest BCUT2D eigenvalue weighted by atomic mass is 16.5. The summed E-state index contributed by atoms with van der Waals surface area (Å²) < 4.78 is 4.52. The highest BCUT2D eigenvalue weighted by molar-refractivity contribution is 5.93. The second-order valence-electron chi connectivity index (χ2n) is 1.77. The van der Waals surface area contributed by atoms with Crippen molar-refractivity contribution in [1.29, 1.82) is 5.26 Å². The first kappa shape index (κ1) is 10.3. The number of hydrogen-bond donors (Lipinski definition) is 3. The second kappa shape index (κ2) is 4.98. The SMILES string of the molecule is CCOC(=O)C(C#N)=C(N)NN. The Morgan fingerprint density at radius 3 is 2.67 bits per heavy atom. The number of hydrogen-bond acceptors (Lipinski definition) is 6. The van der Waals surface area contributed by atoms with Crippen molar-refractivity contribution in [2.24, 2.45) is 11.6 Å². The van der Waals surface area contributed by atoms with Gasteiger partial charge in [-0.1, -0.05) is 0 Å². The van der Waals surface area contributed by atoms with Crippen LogP contribution in [-0.4, -0.2) is 12.6 Å². The minimum atomic E-state index is -0.782. The Hall–Kier alpha value is -1.74. The van der Waals surface area contributed by atoms with Gasteiger partial charge >= 0.3 is 5.97 Å². The van der Waals surface area contributed by atoms with Crippen LogP contribution in [0.15, 0.2) is 11.4 Å². The quantitative estimate of drug-likeness (QED) is 0.159. The van der Waals surface area contributed by atoms with Gasteiger partial charge in [0.1, 0.15) is 11.9 Å². The largest absolute Gasteiger partial charge is 0.462 e. The maximum absolute atomic E-state index is 10.9. The molecular formula is C6H10N4O2. The summed E-state index contributed by atoms with van der Waals surface area (Å²) in [6, 6.07) is 1.57. The minimum Gasteiger partial charge on any atom is -0.462 e. The lowest BCUT2D eigenvalue weighted by Gasteiger charge is -2.02. The van der Waals surface area contributed by atoms with Crippen molar-refractivity contribution in [2.75, 3.05) is 6.61 Å². The molecule has 0 aromatic heterocycles. The average Bonchev–Trinajstić information content (AvgIpc) is 2.06. The Morgan fingerprint density at radius 1 is 1.75 bits per heavy atom. The number of nitrogens with zero attached hydrogens (tertiary/aromatic N) is 1. The van der Waals surface area contributed by atoms with Crippen LogP contribution < -0.4 is 17.0 Å². The lowest BCUT2D eigenvalue weighted by molar-refractivity contribution is -0.138. The third-order valence-electron chi connectivity index (χ3n) is 1.02. The van der Waals surface area contributed by atoms with Gasteiger partial charge in [-0.25, -0.2) is 10.6 Å². The van der Waals surface area contributed by atoms with Crippen molar-refractivity contribution in [3.05, 3.63) is 11.4 Å². The molecule has 0 saturated carbocycles. The minimum absolute atomic E-state index is 0.182. The molecule has 6 nitrogen and oxygen atoms in total. The molecule has 0 heterocycles. The van der Waals surface area contributed by atoms with Crippen LogP contribution in [0.2, 0.25) is 0 Å². The van der Waals surface area contributed by atoms with E-state index < -0.39 is 5.97 Å². The van der Waals surface area contributed by atoms with Crippen LogP contribution in [0.4, 0.5) is 0 Å².